The minimum absolute atomic E-state index is 0.0902. The topological polar surface area (TPSA) is 94.3 Å². The fourth-order valence-electron chi connectivity index (χ4n) is 1.98. The number of rotatable bonds is 5. The van der Waals surface area contributed by atoms with Crippen LogP contribution in [0.4, 0.5) is 10.5 Å². The van der Waals surface area contributed by atoms with Crippen molar-refractivity contribution in [2.45, 2.75) is 6.61 Å². The molecule has 3 rings (SSSR count). The van der Waals surface area contributed by atoms with Crippen molar-refractivity contribution < 1.29 is 14.3 Å². The predicted molar refractivity (Wildman–Crippen MR) is 94.2 cm³/mol. The van der Waals surface area contributed by atoms with Crippen molar-refractivity contribution in [3.05, 3.63) is 57.7 Å². The summed E-state index contributed by atoms with van der Waals surface area (Å²) in [5, 5.41) is 9.19. The van der Waals surface area contributed by atoms with E-state index in [1.807, 2.05) is 22.2 Å². The summed E-state index contributed by atoms with van der Waals surface area (Å²) in [6.07, 6.45) is 0. The molecule has 24 heavy (non-hydrogen) atoms. The van der Waals surface area contributed by atoms with E-state index in [4.69, 9.17) is 10.5 Å². The van der Waals surface area contributed by atoms with E-state index < -0.39 is 12.0 Å². The van der Waals surface area contributed by atoms with Crippen LogP contribution in [0.1, 0.15) is 16.1 Å². The third-order valence-electron chi connectivity index (χ3n) is 3.04. The van der Waals surface area contributed by atoms with Crippen LogP contribution >= 0.6 is 22.7 Å². The van der Waals surface area contributed by atoms with Gasteiger partial charge in [-0.2, -0.15) is 11.3 Å². The second-order valence-corrected chi connectivity index (χ2v) is 6.44. The number of primary amides is 1. The Morgan fingerprint density at radius 3 is 2.88 bits per heavy atom. The summed E-state index contributed by atoms with van der Waals surface area (Å²) in [7, 11) is 0. The molecule has 0 aliphatic heterocycles. The lowest BCUT2D eigenvalue weighted by Crippen LogP contribution is -2.19. The summed E-state index contributed by atoms with van der Waals surface area (Å²) in [4.78, 5) is 27.4. The first-order valence-electron chi connectivity index (χ1n) is 6.92. The Balaban J connectivity index is 1.62. The second-order valence-electron chi connectivity index (χ2n) is 4.80. The van der Waals surface area contributed by atoms with Gasteiger partial charge in [0.2, 0.25) is 0 Å². The smallest absolute Gasteiger partial charge is 0.338 e. The number of anilines is 1. The summed E-state index contributed by atoms with van der Waals surface area (Å²) >= 11 is 3.11. The van der Waals surface area contributed by atoms with Crippen molar-refractivity contribution in [3.63, 3.8) is 0 Å². The highest BCUT2D eigenvalue weighted by molar-refractivity contribution is 7.14. The van der Waals surface area contributed by atoms with Crippen LogP contribution in [-0.2, 0) is 11.3 Å². The van der Waals surface area contributed by atoms with Crippen LogP contribution in [0.2, 0.25) is 0 Å². The van der Waals surface area contributed by atoms with Gasteiger partial charge in [0, 0.05) is 22.0 Å². The molecule has 0 aliphatic carbocycles. The number of aromatic nitrogens is 1. The number of nitrogens with one attached hydrogen (secondary N) is 1. The zero-order valence-electron chi connectivity index (χ0n) is 12.4. The predicted octanol–water partition coefficient (Wildman–Crippen LogP) is 3.72. The van der Waals surface area contributed by atoms with E-state index in [-0.39, 0.29) is 6.61 Å². The molecule has 0 spiro atoms. The largest absolute Gasteiger partial charge is 0.456 e. The number of amides is 2. The Kier molecular flexibility index (Phi) is 4.88. The Labute approximate surface area is 145 Å². The summed E-state index contributed by atoms with van der Waals surface area (Å²) in [6.45, 7) is 0.0902. The van der Waals surface area contributed by atoms with Crippen molar-refractivity contribution in [1.29, 1.82) is 0 Å². The normalized spacial score (nSPS) is 10.3. The van der Waals surface area contributed by atoms with Crippen LogP contribution < -0.4 is 11.1 Å². The molecule has 2 amide bonds. The number of nitrogens with zero attached hydrogens (tertiary/aromatic N) is 1. The fourth-order valence-corrected chi connectivity index (χ4v) is 3.50. The number of urea groups is 1. The molecule has 2 aromatic heterocycles. The van der Waals surface area contributed by atoms with E-state index in [0.717, 1.165) is 10.6 Å². The number of benzene rings is 1. The Morgan fingerprint density at radius 1 is 1.25 bits per heavy atom. The van der Waals surface area contributed by atoms with Gasteiger partial charge in [0.1, 0.15) is 11.6 Å². The first-order valence-corrected chi connectivity index (χ1v) is 8.74. The van der Waals surface area contributed by atoms with Gasteiger partial charge in [0.05, 0.1) is 11.3 Å². The number of ether oxygens (including phenoxy) is 1. The molecule has 0 saturated heterocycles. The number of carbonyl (C=O) groups is 2. The molecule has 122 valence electrons. The molecular formula is C16H13N3O3S2. The van der Waals surface area contributed by atoms with Crippen LogP contribution in [-0.4, -0.2) is 17.0 Å². The third kappa shape index (κ3) is 3.98. The molecule has 0 radical (unpaired) electrons. The maximum Gasteiger partial charge on any atom is 0.338 e. The van der Waals surface area contributed by atoms with Gasteiger partial charge in [0.15, 0.2) is 0 Å². The molecule has 0 bridgehead atoms. The van der Waals surface area contributed by atoms with E-state index in [2.05, 4.69) is 10.3 Å². The van der Waals surface area contributed by atoms with Gasteiger partial charge in [-0.1, -0.05) is 6.07 Å². The van der Waals surface area contributed by atoms with Crippen LogP contribution in [0.5, 0.6) is 0 Å². The molecule has 1 aromatic carbocycles. The van der Waals surface area contributed by atoms with Crippen LogP contribution in [0.25, 0.3) is 10.6 Å². The maximum atomic E-state index is 12.1. The molecule has 3 aromatic rings. The summed E-state index contributed by atoms with van der Waals surface area (Å²) < 4.78 is 5.27. The lowest BCUT2D eigenvalue weighted by atomic mass is 10.2. The van der Waals surface area contributed by atoms with Gasteiger partial charge in [0.25, 0.3) is 0 Å². The highest BCUT2D eigenvalue weighted by Gasteiger charge is 2.11. The van der Waals surface area contributed by atoms with E-state index >= 15 is 0 Å². The fraction of sp³-hybridized carbons (Fsp3) is 0.0625. The van der Waals surface area contributed by atoms with E-state index in [1.165, 1.54) is 17.4 Å². The van der Waals surface area contributed by atoms with Crippen LogP contribution in [0.15, 0.2) is 46.5 Å². The quantitative estimate of drug-likeness (QED) is 0.679. The van der Waals surface area contributed by atoms with Crippen LogP contribution in [0.3, 0.4) is 0 Å². The average Bonchev–Trinajstić information content (AvgIpc) is 3.23. The molecule has 0 unspecified atom stereocenters. The van der Waals surface area contributed by atoms with E-state index in [1.54, 1.807) is 29.5 Å². The average molecular weight is 359 g/mol. The third-order valence-corrected chi connectivity index (χ3v) is 4.66. The zero-order chi connectivity index (χ0) is 16.9. The number of hydrogen-bond acceptors (Lipinski definition) is 6. The van der Waals surface area contributed by atoms with Gasteiger partial charge in [-0.05, 0) is 29.6 Å². The first-order chi connectivity index (χ1) is 11.6. The summed E-state index contributed by atoms with van der Waals surface area (Å²) in [6, 6.07) is 7.69. The second kappa shape index (κ2) is 7.24. The summed E-state index contributed by atoms with van der Waals surface area (Å²) in [5.74, 6) is -0.492. The number of carbonyl (C=O) groups excluding carboxylic acids is 2. The van der Waals surface area contributed by atoms with Gasteiger partial charge < -0.3 is 15.8 Å². The van der Waals surface area contributed by atoms with Gasteiger partial charge in [-0.25, -0.2) is 14.6 Å². The van der Waals surface area contributed by atoms with Crippen molar-refractivity contribution >= 4 is 40.4 Å². The van der Waals surface area contributed by atoms with Gasteiger partial charge in [-0.15, -0.1) is 11.3 Å². The minimum atomic E-state index is -0.691. The molecule has 8 heteroatoms. The molecule has 2 heterocycles. The van der Waals surface area contributed by atoms with Crippen LogP contribution in [0, 0.1) is 0 Å². The molecule has 0 saturated carbocycles. The van der Waals surface area contributed by atoms with Gasteiger partial charge >= 0.3 is 12.0 Å². The molecule has 6 nitrogen and oxygen atoms in total. The zero-order valence-corrected chi connectivity index (χ0v) is 14.0. The van der Waals surface area contributed by atoms with Gasteiger partial charge in [-0.3, -0.25) is 0 Å². The maximum absolute atomic E-state index is 12.1. The number of esters is 1. The molecule has 3 N–H and O–H groups in total. The Bertz CT molecular complexity index is 859. The highest BCUT2D eigenvalue weighted by Crippen LogP contribution is 2.26. The number of hydrogen-bond donors (Lipinski definition) is 2. The van der Waals surface area contributed by atoms with Crippen molar-refractivity contribution in [3.8, 4) is 10.6 Å². The lowest BCUT2D eigenvalue weighted by Gasteiger charge is -2.05. The number of thiophene rings is 1. The first kappa shape index (κ1) is 16.2. The monoisotopic (exact) mass is 359 g/mol. The molecule has 0 atom stereocenters. The molecule has 0 fully saturated rings. The lowest BCUT2D eigenvalue weighted by molar-refractivity contribution is 0.0468. The van der Waals surface area contributed by atoms with Crippen molar-refractivity contribution in [2.75, 3.05) is 5.32 Å². The van der Waals surface area contributed by atoms with Crippen molar-refractivity contribution in [1.82, 2.24) is 4.98 Å². The number of nitrogens with two attached hydrogens (primary N) is 1. The SMILES string of the molecule is NC(=O)Nc1cccc(C(=O)OCc2csc(-c3ccsc3)n2)c1. The molecule has 0 aliphatic rings. The standard InChI is InChI=1S/C16H13N3O3S2/c17-16(21)19-12-3-1-2-10(6-12)15(20)22-7-13-9-24-14(18-13)11-4-5-23-8-11/h1-6,8-9H,7H2,(H3,17,19,21). The highest BCUT2D eigenvalue weighted by atomic mass is 32.1. The number of thiazole rings is 1. The van der Waals surface area contributed by atoms with E-state index in [9.17, 15) is 9.59 Å². The van der Waals surface area contributed by atoms with Crippen molar-refractivity contribution in [2.24, 2.45) is 5.73 Å². The Morgan fingerprint density at radius 2 is 2.12 bits per heavy atom. The Hall–Kier alpha value is -2.71. The minimum Gasteiger partial charge on any atom is -0.456 e. The van der Waals surface area contributed by atoms with E-state index in [0.29, 0.717) is 16.9 Å². The summed E-state index contributed by atoms with van der Waals surface area (Å²) in [5.41, 5.74) is 7.58. The molecular weight excluding hydrogens is 346 g/mol.